The highest BCUT2D eigenvalue weighted by Gasteiger charge is 2.93. The van der Waals surface area contributed by atoms with Crippen LogP contribution in [0.1, 0.15) is 31.2 Å². The molecular weight excluding hydrogens is 1220 g/mol. The van der Waals surface area contributed by atoms with Crippen LogP contribution in [0.15, 0.2) is 35.5 Å². The van der Waals surface area contributed by atoms with Gasteiger partial charge in [-0.2, -0.15) is 171 Å². The van der Waals surface area contributed by atoms with E-state index in [-0.39, 0.29) is 5.56 Å². The summed E-state index contributed by atoms with van der Waals surface area (Å²) in [5, 5.41) is 3.21. The first kappa shape index (κ1) is 69.2. The SMILES string of the molecule is FC(F)(F)C(F)(F)C(F)(F)C(F)(F)C(F)(F)C(F)(F)CC[Si](CCC(F)(F)C(F)(F)C(F)(F)C(F)(F)C(F)(F)C(F)(F)F)(CCC(F)(F)C(F)(F)C(F)(F)C(F)(F)C(F)(F)C(F)(F)F)OCC1CC(c2ccccc2)=NO1. The molecule has 1 unspecified atom stereocenters. The molecule has 1 aromatic rings. The van der Waals surface area contributed by atoms with Gasteiger partial charge in [0.25, 0.3) is 0 Å². The largest absolute Gasteiger partial charge is 0.460 e. The quantitative estimate of drug-likeness (QED) is 0.0722. The van der Waals surface area contributed by atoms with Crippen molar-refractivity contribution in [2.75, 3.05) is 6.61 Å². The predicted octanol–water partition coefficient (Wildman–Crippen LogP) is 16.5. The molecule has 1 atom stereocenters. The summed E-state index contributed by atoms with van der Waals surface area (Å²) in [6, 6.07) is -4.86. The monoisotopic (exact) mass is 1250 g/mol. The summed E-state index contributed by atoms with van der Waals surface area (Å²) >= 11 is 0. The van der Waals surface area contributed by atoms with Gasteiger partial charge in [-0.15, -0.1) is 0 Å². The van der Waals surface area contributed by atoms with Gasteiger partial charge in [-0.1, -0.05) is 35.5 Å². The van der Waals surface area contributed by atoms with Crippen molar-refractivity contribution in [2.24, 2.45) is 5.16 Å². The van der Waals surface area contributed by atoms with Gasteiger partial charge in [0.2, 0.25) is 0 Å². The van der Waals surface area contributed by atoms with Gasteiger partial charge in [0.05, 0.1) is 12.3 Å². The van der Waals surface area contributed by atoms with Crippen LogP contribution in [0.5, 0.6) is 0 Å². The molecule has 3 nitrogen and oxygen atoms in total. The molecule has 0 saturated carbocycles. The molecular formula is C34H22F39NO2Si. The van der Waals surface area contributed by atoms with Crippen LogP contribution >= 0.6 is 0 Å². The zero-order valence-corrected chi connectivity index (χ0v) is 36.6. The Kier molecular flexibility index (Phi) is 18.0. The second-order valence-corrected chi connectivity index (χ2v) is 20.5. The Bertz CT molecular complexity index is 2020. The molecule has 2 rings (SSSR count). The number of oxime groups is 1. The Morgan fingerprint density at radius 3 is 0.857 bits per heavy atom. The maximum Gasteiger partial charge on any atom is 0.460 e. The van der Waals surface area contributed by atoms with Crippen LogP contribution in [0.2, 0.25) is 18.1 Å². The third kappa shape index (κ3) is 11.1. The van der Waals surface area contributed by atoms with E-state index in [0.717, 1.165) is 24.3 Å². The van der Waals surface area contributed by atoms with Gasteiger partial charge in [0.15, 0.2) is 14.4 Å². The van der Waals surface area contributed by atoms with E-state index >= 15 is 26.3 Å². The fourth-order valence-electron chi connectivity index (χ4n) is 6.21. The van der Waals surface area contributed by atoms with E-state index in [9.17, 15) is 145 Å². The fourth-order valence-corrected chi connectivity index (χ4v) is 10.2. The zero-order chi connectivity index (χ0) is 61.5. The maximum absolute atomic E-state index is 15.1. The summed E-state index contributed by atoms with van der Waals surface area (Å²) in [6.07, 6.45) is -40.4. The van der Waals surface area contributed by atoms with E-state index in [1.165, 1.54) is 6.07 Å². The first-order valence-electron chi connectivity index (χ1n) is 19.2. The highest BCUT2D eigenvalue weighted by atomic mass is 28.4. The van der Waals surface area contributed by atoms with E-state index in [1.54, 1.807) is 0 Å². The van der Waals surface area contributed by atoms with Crippen LogP contribution in [0.4, 0.5) is 171 Å². The van der Waals surface area contributed by atoms with Crippen LogP contribution in [0, 0.1) is 0 Å². The third-order valence-corrected chi connectivity index (χ3v) is 15.4. The number of benzene rings is 1. The third-order valence-electron chi connectivity index (χ3n) is 11.1. The zero-order valence-electron chi connectivity index (χ0n) is 35.6. The lowest BCUT2D eigenvalue weighted by molar-refractivity contribution is -0.440. The van der Waals surface area contributed by atoms with Gasteiger partial charge in [0.1, 0.15) is 0 Å². The number of halogens is 39. The summed E-state index contributed by atoms with van der Waals surface area (Å²) < 4.78 is 548. The minimum Gasteiger partial charge on any atom is -0.413 e. The van der Waals surface area contributed by atoms with Crippen LogP contribution < -0.4 is 0 Å². The molecule has 77 heavy (non-hydrogen) atoms. The number of nitrogens with zero attached hydrogens (tertiary/aromatic N) is 1. The molecule has 0 radical (unpaired) electrons. The van der Waals surface area contributed by atoms with Gasteiger partial charge in [-0.25, -0.2) is 0 Å². The van der Waals surface area contributed by atoms with E-state index in [0.29, 0.717) is 0 Å². The van der Waals surface area contributed by atoms with Crippen molar-refractivity contribution in [3.8, 4) is 0 Å². The normalized spacial score (nSPS) is 18.0. The lowest BCUT2D eigenvalue weighted by atomic mass is 9.93. The van der Waals surface area contributed by atoms with Crippen molar-refractivity contribution in [3.05, 3.63) is 35.9 Å². The van der Waals surface area contributed by atoms with E-state index in [2.05, 4.69) is 14.4 Å². The Hall–Kier alpha value is -3.86. The van der Waals surface area contributed by atoms with Gasteiger partial charge in [-0.05, 0) is 23.7 Å². The van der Waals surface area contributed by atoms with Crippen molar-refractivity contribution >= 4 is 14.0 Å². The molecule has 0 aromatic heterocycles. The van der Waals surface area contributed by atoms with Crippen molar-refractivity contribution in [3.63, 3.8) is 0 Å². The molecule has 1 heterocycles. The lowest BCUT2D eigenvalue weighted by Crippen LogP contribution is -2.70. The number of hydrogen-bond acceptors (Lipinski definition) is 3. The van der Waals surface area contributed by atoms with Crippen molar-refractivity contribution in [1.29, 1.82) is 0 Å². The van der Waals surface area contributed by atoms with E-state index in [4.69, 9.17) is 0 Å². The molecule has 0 saturated heterocycles. The molecule has 1 aliphatic rings. The highest BCUT2D eigenvalue weighted by Crippen LogP contribution is 2.65. The Morgan fingerprint density at radius 2 is 0.610 bits per heavy atom. The van der Waals surface area contributed by atoms with E-state index < -0.39 is 178 Å². The van der Waals surface area contributed by atoms with Gasteiger partial charge in [-0.3, -0.25) is 0 Å². The van der Waals surface area contributed by atoms with Crippen molar-refractivity contribution < 1.29 is 180 Å². The topological polar surface area (TPSA) is 30.8 Å². The first-order chi connectivity index (χ1) is 33.4. The van der Waals surface area contributed by atoms with Crippen LogP contribution in [0.25, 0.3) is 0 Å². The summed E-state index contributed by atoms with van der Waals surface area (Å²) in [4.78, 5) is 4.58. The van der Waals surface area contributed by atoms with Crippen molar-refractivity contribution in [2.45, 2.75) is 157 Å². The van der Waals surface area contributed by atoms with Crippen LogP contribution in [0.3, 0.4) is 0 Å². The molecule has 0 fully saturated rings. The number of alkyl halides is 39. The highest BCUT2D eigenvalue weighted by molar-refractivity contribution is 6.73. The predicted molar refractivity (Wildman–Crippen MR) is 175 cm³/mol. The first-order valence-corrected chi connectivity index (χ1v) is 21.7. The lowest BCUT2D eigenvalue weighted by Gasteiger charge is -2.42. The molecule has 0 bridgehead atoms. The number of hydrogen-bond donors (Lipinski definition) is 0. The summed E-state index contributed by atoms with van der Waals surface area (Å²) in [7, 11) is -7.40. The molecule has 1 aliphatic heterocycles. The average Bonchev–Trinajstić information content (AvgIpc) is 3.73. The molecule has 452 valence electrons. The van der Waals surface area contributed by atoms with Gasteiger partial charge < -0.3 is 9.26 Å². The number of rotatable bonds is 25. The van der Waals surface area contributed by atoms with Gasteiger partial charge >= 0.3 is 107 Å². The van der Waals surface area contributed by atoms with Crippen molar-refractivity contribution in [1.82, 2.24) is 0 Å². The second kappa shape index (κ2) is 20.0. The summed E-state index contributed by atoms with van der Waals surface area (Å²) in [6.45, 7) is -2.19. The van der Waals surface area contributed by atoms with Gasteiger partial charge in [0, 0.05) is 25.7 Å². The molecule has 1 aromatic carbocycles. The fraction of sp³-hybridized carbons (Fsp3) is 0.794. The molecule has 0 N–H and O–H groups in total. The molecule has 0 spiro atoms. The van der Waals surface area contributed by atoms with Crippen LogP contribution in [-0.2, 0) is 9.26 Å². The Balaban J connectivity index is 3.06. The second-order valence-electron chi connectivity index (χ2n) is 16.3. The van der Waals surface area contributed by atoms with Crippen LogP contribution in [-0.4, -0.2) is 134 Å². The Labute approximate surface area is 400 Å². The molecule has 43 heteroatoms. The smallest absolute Gasteiger partial charge is 0.413 e. The minimum atomic E-state index is -8.93. The summed E-state index contributed by atoms with van der Waals surface area (Å²) in [5.41, 5.74) is -0.674. The molecule has 0 aliphatic carbocycles. The average molecular weight is 1250 g/mol. The summed E-state index contributed by atoms with van der Waals surface area (Å²) in [5.74, 6) is -128. The minimum absolute atomic E-state index is 0.166. The standard InChI is InChI=1S/C34H22F39NO2Si/c35-17(36,20(41,42)23(47,48)26(53,54)29(59,60)32(65,66)67)6-9-77(75-13-15-12-16(74-76-15)14-4-2-1-3-5-14,10-7-18(37,38)21(43,44)24(49,50)27(55,56)30(61,62)33(68,69)70)11-8-19(39,40)22(45,46)25(51,52)28(57,58)31(63,64)34(71,72)73/h1-5,15H,6-13H2. The molecule has 0 amide bonds. The Morgan fingerprint density at radius 1 is 0.364 bits per heavy atom. The maximum atomic E-state index is 15.1. The van der Waals surface area contributed by atoms with E-state index in [1.807, 2.05) is 0 Å².